The van der Waals surface area contributed by atoms with Gasteiger partial charge in [-0.1, -0.05) is 37.0 Å². The first-order valence-electron chi connectivity index (χ1n) is 10.1. The van der Waals surface area contributed by atoms with Crippen LogP contribution in [0.3, 0.4) is 0 Å². The Morgan fingerprint density at radius 1 is 0.688 bits per heavy atom. The number of unbranched alkanes of at least 4 members (excludes halogenated alkanes) is 1. The summed E-state index contributed by atoms with van der Waals surface area (Å²) in [7, 11) is 0. The Hall–Kier alpha value is -3.15. The molecule has 5 heteroatoms. The van der Waals surface area contributed by atoms with Gasteiger partial charge in [-0.3, -0.25) is 0 Å². The lowest BCUT2D eigenvalue weighted by molar-refractivity contribution is 0.540. The minimum absolute atomic E-state index is 0.0399. The van der Waals surface area contributed by atoms with Gasteiger partial charge in [0, 0.05) is 16.7 Å². The predicted molar refractivity (Wildman–Crippen MR) is 122 cm³/mol. The minimum atomic E-state index is -0.668. The molecule has 0 N–H and O–H groups in total. The molecule has 0 aliphatic rings. The van der Waals surface area contributed by atoms with Crippen LogP contribution >= 0.6 is 11.8 Å². The van der Waals surface area contributed by atoms with E-state index in [4.69, 9.17) is 0 Å². The fourth-order valence-corrected chi connectivity index (χ4v) is 3.52. The first kappa shape index (κ1) is 23.5. The Labute approximate surface area is 190 Å². The molecule has 0 saturated heterocycles. The second kappa shape index (κ2) is 10.9. The first-order chi connectivity index (χ1) is 15.4. The van der Waals surface area contributed by atoms with Gasteiger partial charge in [-0.05, 0) is 73.2 Å². The van der Waals surface area contributed by atoms with E-state index in [1.54, 1.807) is 30.5 Å². The molecule has 3 rings (SSSR count). The molecule has 0 aliphatic carbocycles. The zero-order valence-corrected chi connectivity index (χ0v) is 18.5. The maximum atomic E-state index is 14.3. The van der Waals surface area contributed by atoms with E-state index in [1.807, 2.05) is 6.92 Å². The number of halogens is 4. The van der Waals surface area contributed by atoms with Crippen LogP contribution in [-0.4, -0.2) is 6.26 Å². The Bertz CT molecular complexity index is 1190. The number of hydrogen-bond donors (Lipinski definition) is 0. The van der Waals surface area contributed by atoms with Crippen molar-refractivity contribution < 1.29 is 17.6 Å². The third-order valence-electron chi connectivity index (χ3n) is 4.69. The third-order valence-corrected chi connectivity index (χ3v) is 5.49. The fraction of sp³-hybridized carbons (Fsp3) is 0.185. The van der Waals surface area contributed by atoms with Crippen molar-refractivity contribution in [3.8, 4) is 23.7 Å². The summed E-state index contributed by atoms with van der Waals surface area (Å²) in [6, 6.07) is 11.7. The standard InChI is InChI=1S/C27H20F4S/c1-3-4-5-20-14-23(28)22(24(29)15-20)13-12-19-8-6-18(7-9-19)10-11-21-16-25(30)27(32-2)26(31)17-21/h6-9,14-17H,3-5H2,1-2H3. The van der Waals surface area contributed by atoms with E-state index in [2.05, 4.69) is 23.7 Å². The van der Waals surface area contributed by atoms with E-state index in [0.29, 0.717) is 23.1 Å². The number of aryl methyl sites for hydroxylation is 1. The van der Waals surface area contributed by atoms with Crippen LogP contribution in [0, 0.1) is 47.0 Å². The summed E-state index contributed by atoms with van der Waals surface area (Å²) < 4.78 is 56.2. The molecule has 0 aromatic heterocycles. The molecule has 162 valence electrons. The molecule has 3 aromatic rings. The van der Waals surface area contributed by atoms with Crippen LogP contribution in [0.2, 0.25) is 0 Å². The summed E-state index contributed by atoms with van der Waals surface area (Å²) in [5, 5.41) is 0. The van der Waals surface area contributed by atoms with Crippen molar-refractivity contribution in [2.75, 3.05) is 6.26 Å². The maximum absolute atomic E-state index is 14.3. The summed E-state index contributed by atoms with van der Waals surface area (Å²) in [5.41, 5.74) is 1.77. The van der Waals surface area contributed by atoms with Crippen molar-refractivity contribution in [2.45, 2.75) is 31.1 Å². The van der Waals surface area contributed by atoms with Crippen LogP contribution < -0.4 is 0 Å². The van der Waals surface area contributed by atoms with Gasteiger partial charge >= 0.3 is 0 Å². The second-order valence-corrected chi connectivity index (χ2v) is 7.91. The first-order valence-corrected chi connectivity index (χ1v) is 11.3. The summed E-state index contributed by atoms with van der Waals surface area (Å²) >= 11 is 0.997. The van der Waals surface area contributed by atoms with Crippen molar-refractivity contribution >= 4 is 11.8 Å². The molecule has 0 heterocycles. The molecule has 0 unspecified atom stereocenters. The lowest BCUT2D eigenvalue weighted by atomic mass is 10.0. The quantitative estimate of drug-likeness (QED) is 0.231. The Morgan fingerprint density at radius 2 is 1.19 bits per heavy atom. The maximum Gasteiger partial charge on any atom is 0.142 e. The van der Waals surface area contributed by atoms with E-state index < -0.39 is 23.3 Å². The Kier molecular flexibility index (Phi) is 8.03. The van der Waals surface area contributed by atoms with Gasteiger partial charge in [-0.15, -0.1) is 11.8 Å². The monoisotopic (exact) mass is 452 g/mol. The van der Waals surface area contributed by atoms with Crippen LogP contribution in [0.1, 0.15) is 47.6 Å². The van der Waals surface area contributed by atoms with E-state index in [0.717, 1.165) is 24.6 Å². The van der Waals surface area contributed by atoms with Crippen LogP contribution in [-0.2, 0) is 6.42 Å². The molecule has 0 fully saturated rings. The molecule has 0 bridgehead atoms. The van der Waals surface area contributed by atoms with Gasteiger partial charge < -0.3 is 0 Å². The zero-order valence-electron chi connectivity index (χ0n) is 17.7. The number of hydrogen-bond acceptors (Lipinski definition) is 1. The van der Waals surface area contributed by atoms with Crippen molar-refractivity contribution in [3.63, 3.8) is 0 Å². The van der Waals surface area contributed by atoms with E-state index in [1.165, 1.54) is 24.3 Å². The average Bonchev–Trinajstić information content (AvgIpc) is 2.76. The van der Waals surface area contributed by atoms with Crippen molar-refractivity contribution in [2.24, 2.45) is 0 Å². The van der Waals surface area contributed by atoms with E-state index in [9.17, 15) is 17.6 Å². The summed E-state index contributed by atoms with van der Waals surface area (Å²) in [4.78, 5) is -0.0399. The molecular weight excluding hydrogens is 432 g/mol. The number of benzene rings is 3. The largest absolute Gasteiger partial charge is 0.206 e. The molecule has 0 atom stereocenters. The third kappa shape index (κ3) is 5.96. The van der Waals surface area contributed by atoms with Gasteiger partial charge in [0.05, 0.1) is 10.5 Å². The Morgan fingerprint density at radius 3 is 1.69 bits per heavy atom. The van der Waals surface area contributed by atoms with Crippen LogP contribution in [0.5, 0.6) is 0 Å². The molecule has 0 saturated carbocycles. The molecule has 3 aromatic carbocycles. The summed E-state index contributed by atoms with van der Waals surface area (Å²) in [6.45, 7) is 2.02. The second-order valence-electron chi connectivity index (χ2n) is 7.09. The average molecular weight is 453 g/mol. The highest BCUT2D eigenvalue weighted by Gasteiger charge is 2.10. The highest BCUT2D eigenvalue weighted by molar-refractivity contribution is 7.98. The van der Waals surface area contributed by atoms with Gasteiger partial charge in [0.15, 0.2) is 0 Å². The molecular formula is C27H20F4S. The summed E-state index contributed by atoms with van der Waals surface area (Å²) in [5.74, 6) is 8.25. The van der Waals surface area contributed by atoms with Gasteiger partial charge in [-0.2, -0.15) is 0 Å². The van der Waals surface area contributed by atoms with Gasteiger partial charge in [0.2, 0.25) is 0 Å². The minimum Gasteiger partial charge on any atom is -0.206 e. The molecule has 0 spiro atoms. The van der Waals surface area contributed by atoms with Gasteiger partial charge in [0.1, 0.15) is 23.3 Å². The molecule has 0 amide bonds. The highest BCUT2D eigenvalue weighted by Crippen LogP contribution is 2.24. The molecule has 0 aliphatic heterocycles. The number of rotatable bonds is 4. The van der Waals surface area contributed by atoms with E-state index in [-0.39, 0.29) is 16.0 Å². The topological polar surface area (TPSA) is 0 Å². The van der Waals surface area contributed by atoms with Gasteiger partial charge in [-0.25, -0.2) is 17.6 Å². The van der Waals surface area contributed by atoms with Crippen LogP contribution in [0.4, 0.5) is 17.6 Å². The smallest absolute Gasteiger partial charge is 0.142 e. The lowest BCUT2D eigenvalue weighted by Crippen LogP contribution is -1.95. The fourth-order valence-electron chi connectivity index (χ4n) is 3.01. The molecule has 32 heavy (non-hydrogen) atoms. The highest BCUT2D eigenvalue weighted by atomic mass is 32.2. The van der Waals surface area contributed by atoms with Crippen molar-refractivity contribution in [1.29, 1.82) is 0 Å². The van der Waals surface area contributed by atoms with Crippen LogP contribution in [0.25, 0.3) is 0 Å². The normalized spacial score (nSPS) is 10.2. The predicted octanol–water partition coefficient (Wildman–Crippen LogP) is 7.11. The van der Waals surface area contributed by atoms with Gasteiger partial charge in [0.25, 0.3) is 0 Å². The molecule has 0 nitrogen and oxygen atoms in total. The number of thioether (sulfide) groups is 1. The zero-order chi connectivity index (χ0) is 23.1. The van der Waals surface area contributed by atoms with Crippen molar-refractivity contribution in [1.82, 2.24) is 0 Å². The SMILES string of the molecule is CCCCc1cc(F)c(C#Cc2ccc(C#Cc3cc(F)c(SC)c(F)c3)cc2)c(F)c1. The van der Waals surface area contributed by atoms with Crippen molar-refractivity contribution in [3.05, 3.63) is 99.6 Å². The van der Waals surface area contributed by atoms with E-state index >= 15 is 0 Å². The summed E-state index contributed by atoms with van der Waals surface area (Å²) in [6.07, 6.45) is 4.04. The molecule has 0 radical (unpaired) electrons. The Balaban J connectivity index is 1.76. The van der Waals surface area contributed by atoms with Crippen LogP contribution in [0.15, 0.2) is 53.4 Å². The lowest BCUT2D eigenvalue weighted by Gasteiger charge is -2.03.